The fraction of sp³-hybridized carbons (Fsp3) is 0.381. The second-order valence-electron chi connectivity index (χ2n) is 6.80. The van der Waals surface area contributed by atoms with Crippen molar-refractivity contribution in [3.8, 4) is 0 Å². The molecule has 0 unspecified atom stereocenters. The van der Waals surface area contributed by atoms with Gasteiger partial charge >= 0.3 is 0 Å². The van der Waals surface area contributed by atoms with Crippen molar-refractivity contribution < 1.29 is 9.90 Å². The van der Waals surface area contributed by atoms with Crippen LogP contribution in [0.5, 0.6) is 0 Å². The van der Waals surface area contributed by atoms with Crippen molar-refractivity contribution in [2.45, 2.75) is 36.5 Å². The molecule has 0 aliphatic carbocycles. The van der Waals surface area contributed by atoms with Crippen LogP contribution in [0.4, 0.5) is 11.4 Å². The highest BCUT2D eigenvalue weighted by Crippen LogP contribution is 2.37. The number of carbonyl (C=O) groups is 1. The molecule has 1 amide bonds. The van der Waals surface area contributed by atoms with E-state index in [1.54, 1.807) is 6.92 Å². The average molecular weight is 371 g/mol. The van der Waals surface area contributed by atoms with E-state index < -0.39 is 6.10 Å². The molecule has 0 aromatic heterocycles. The molecule has 5 heteroatoms. The number of fused-ring (bicyclic) bond motifs is 1. The number of thioether (sulfide) groups is 1. The number of benzene rings is 2. The number of para-hydroxylation sites is 2. The zero-order chi connectivity index (χ0) is 18.5. The van der Waals surface area contributed by atoms with Crippen LogP contribution in [-0.2, 0) is 4.79 Å². The lowest BCUT2D eigenvalue weighted by atomic mass is 10.2. The summed E-state index contributed by atoms with van der Waals surface area (Å²) in [5, 5.41) is 10.4. The van der Waals surface area contributed by atoms with Crippen LogP contribution in [0.1, 0.15) is 20.3 Å². The Morgan fingerprint density at radius 3 is 2.65 bits per heavy atom. The summed E-state index contributed by atoms with van der Waals surface area (Å²) >= 11 is 1.83. The van der Waals surface area contributed by atoms with Crippen LogP contribution < -0.4 is 9.80 Å². The quantitative estimate of drug-likeness (QED) is 0.870. The number of amides is 1. The van der Waals surface area contributed by atoms with Crippen molar-refractivity contribution in [1.29, 1.82) is 0 Å². The highest BCUT2D eigenvalue weighted by Gasteiger charge is 2.25. The van der Waals surface area contributed by atoms with Gasteiger partial charge < -0.3 is 14.9 Å². The van der Waals surface area contributed by atoms with Crippen LogP contribution in [0.2, 0.25) is 0 Å². The number of hydrogen-bond acceptors (Lipinski definition) is 4. The highest BCUT2D eigenvalue weighted by atomic mass is 32.2. The fourth-order valence-corrected chi connectivity index (χ4v) is 4.33. The van der Waals surface area contributed by atoms with Crippen LogP contribution in [0.3, 0.4) is 0 Å². The molecule has 138 valence electrons. The van der Waals surface area contributed by atoms with E-state index in [1.165, 1.54) is 0 Å². The molecule has 0 fully saturated rings. The van der Waals surface area contributed by atoms with Crippen molar-refractivity contribution >= 4 is 29.0 Å². The second kappa shape index (κ2) is 8.60. The van der Waals surface area contributed by atoms with Gasteiger partial charge in [0.15, 0.2) is 0 Å². The summed E-state index contributed by atoms with van der Waals surface area (Å²) in [6.45, 7) is 5.36. The summed E-state index contributed by atoms with van der Waals surface area (Å²) in [4.78, 5) is 18.2. The molecule has 4 nitrogen and oxygen atoms in total. The zero-order valence-electron chi connectivity index (χ0n) is 15.3. The van der Waals surface area contributed by atoms with Crippen LogP contribution in [0.15, 0.2) is 59.5 Å². The molecule has 1 aliphatic rings. The first-order chi connectivity index (χ1) is 12.5. The van der Waals surface area contributed by atoms with Gasteiger partial charge in [0.25, 0.3) is 0 Å². The molecule has 0 radical (unpaired) electrons. The largest absolute Gasteiger partial charge is 0.392 e. The van der Waals surface area contributed by atoms with Crippen molar-refractivity contribution in [2.24, 2.45) is 0 Å². The number of aliphatic hydroxyl groups excluding tert-OH is 1. The summed E-state index contributed by atoms with van der Waals surface area (Å²) in [6, 6.07) is 17.9. The summed E-state index contributed by atoms with van der Waals surface area (Å²) in [5.41, 5.74) is 1.95. The van der Waals surface area contributed by atoms with Gasteiger partial charge in [0.1, 0.15) is 0 Å². The minimum absolute atomic E-state index is 0.0663. The Balaban J connectivity index is 1.83. The maximum atomic E-state index is 13.2. The van der Waals surface area contributed by atoms with Crippen molar-refractivity contribution in [1.82, 2.24) is 0 Å². The SMILES string of the molecule is C[C@@H]1CCN(C(=O)CN(C[C@@H](C)O)c2ccccc2)c2ccccc2S1. The lowest BCUT2D eigenvalue weighted by molar-refractivity contribution is -0.117. The topological polar surface area (TPSA) is 43.8 Å². The average Bonchev–Trinajstić information content (AvgIpc) is 2.79. The number of aliphatic hydroxyl groups is 1. The van der Waals surface area contributed by atoms with E-state index >= 15 is 0 Å². The number of anilines is 2. The fourth-order valence-electron chi connectivity index (χ4n) is 3.21. The van der Waals surface area contributed by atoms with E-state index in [1.807, 2.05) is 70.1 Å². The lowest BCUT2D eigenvalue weighted by Gasteiger charge is -2.29. The Labute approximate surface area is 159 Å². The van der Waals surface area contributed by atoms with Crippen LogP contribution >= 0.6 is 11.8 Å². The third kappa shape index (κ3) is 4.59. The first-order valence-corrected chi connectivity index (χ1v) is 9.96. The Hall–Kier alpha value is -1.98. The van der Waals surface area contributed by atoms with Crippen molar-refractivity contribution in [3.63, 3.8) is 0 Å². The molecule has 0 saturated heterocycles. The molecule has 2 aromatic rings. The van der Waals surface area contributed by atoms with Crippen molar-refractivity contribution in [3.05, 3.63) is 54.6 Å². The standard InChI is InChI=1S/C21H26N2O2S/c1-16(24)14-22(18-8-4-3-5-9-18)15-21(25)23-13-12-17(2)26-20-11-7-6-10-19(20)23/h3-11,16-17,24H,12-15H2,1-2H3/t16-,17-/m1/s1. The molecule has 0 spiro atoms. The zero-order valence-corrected chi connectivity index (χ0v) is 16.2. The molecule has 1 N–H and O–H groups in total. The summed E-state index contributed by atoms with van der Waals surface area (Å²) in [7, 11) is 0. The van der Waals surface area contributed by atoms with E-state index in [9.17, 15) is 9.90 Å². The van der Waals surface area contributed by atoms with Gasteiger partial charge in [-0.3, -0.25) is 4.79 Å². The van der Waals surface area contributed by atoms with E-state index in [-0.39, 0.29) is 12.5 Å². The van der Waals surface area contributed by atoms with E-state index in [4.69, 9.17) is 0 Å². The van der Waals surface area contributed by atoms with E-state index in [0.717, 1.165) is 29.2 Å². The molecule has 0 bridgehead atoms. The maximum absolute atomic E-state index is 13.2. The Bertz CT molecular complexity index is 736. The van der Waals surface area contributed by atoms with Gasteiger partial charge in [-0.15, -0.1) is 11.8 Å². The van der Waals surface area contributed by atoms with E-state index in [0.29, 0.717) is 11.8 Å². The summed E-state index contributed by atoms with van der Waals surface area (Å²) < 4.78 is 0. The van der Waals surface area contributed by atoms with Gasteiger partial charge in [-0.25, -0.2) is 0 Å². The molecular formula is C21H26N2O2S. The van der Waals surface area contributed by atoms with Crippen molar-refractivity contribution in [2.75, 3.05) is 29.4 Å². The molecule has 3 rings (SSSR count). The molecule has 2 aromatic carbocycles. The molecule has 26 heavy (non-hydrogen) atoms. The van der Waals surface area contributed by atoms with Gasteiger partial charge in [0.2, 0.25) is 5.91 Å². The third-order valence-corrected chi connectivity index (χ3v) is 5.71. The first kappa shape index (κ1) is 18.8. The summed E-state index contributed by atoms with van der Waals surface area (Å²) in [6.07, 6.45) is 0.460. The minimum atomic E-state index is -0.505. The molecular weight excluding hydrogens is 344 g/mol. The normalized spacial score (nSPS) is 18.0. The number of nitrogens with zero attached hydrogens (tertiary/aromatic N) is 2. The Morgan fingerprint density at radius 1 is 1.23 bits per heavy atom. The smallest absolute Gasteiger partial charge is 0.246 e. The minimum Gasteiger partial charge on any atom is -0.392 e. The molecule has 1 heterocycles. The van der Waals surface area contributed by atoms with Gasteiger partial charge in [-0.1, -0.05) is 37.3 Å². The monoisotopic (exact) mass is 370 g/mol. The van der Waals surface area contributed by atoms with Gasteiger partial charge in [-0.05, 0) is 37.6 Å². The van der Waals surface area contributed by atoms with Crippen LogP contribution in [0, 0.1) is 0 Å². The number of rotatable bonds is 5. The first-order valence-electron chi connectivity index (χ1n) is 9.08. The molecule has 2 atom stereocenters. The second-order valence-corrected chi connectivity index (χ2v) is 8.28. The maximum Gasteiger partial charge on any atom is 0.246 e. The third-order valence-electron chi connectivity index (χ3n) is 4.48. The summed E-state index contributed by atoms with van der Waals surface area (Å²) in [5.74, 6) is 0.0663. The Morgan fingerprint density at radius 2 is 1.92 bits per heavy atom. The predicted octanol–water partition coefficient (Wildman–Crippen LogP) is 3.79. The Kier molecular flexibility index (Phi) is 6.22. The molecule has 1 aliphatic heterocycles. The molecule has 0 saturated carbocycles. The lowest BCUT2D eigenvalue weighted by Crippen LogP contribution is -2.43. The van der Waals surface area contributed by atoms with Crippen LogP contribution in [0.25, 0.3) is 0 Å². The highest BCUT2D eigenvalue weighted by molar-refractivity contribution is 8.00. The van der Waals surface area contributed by atoms with Gasteiger partial charge in [-0.2, -0.15) is 0 Å². The predicted molar refractivity (Wildman–Crippen MR) is 109 cm³/mol. The van der Waals surface area contributed by atoms with Gasteiger partial charge in [0, 0.05) is 28.9 Å². The number of carbonyl (C=O) groups excluding carboxylic acids is 1. The number of hydrogen-bond donors (Lipinski definition) is 1. The van der Waals surface area contributed by atoms with Gasteiger partial charge in [0.05, 0.1) is 18.3 Å². The van der Waals surface area contributed by atoms with Crippen LogP contribution in [-0.4, -0.2) is 42.0 Å². The van der Waals surface area contributed by atoms with E-state index in [2.05, 4.69) is 13.0 Å².